The van der Waals surface area contributed by atoms with E-state index in [1.807, 2.05) is 0 Å². The van der Waals surface area contributed by atoms with Crippen LogP contribution in [-0.2, 0) is 9.59 Å². The predicted octanol–water partition coefficient (Wildman–Crippen LogP) is 2.27. The Kier molecular flexibility index (Phi) is 9.28. The normalized spacial score (nSPS) is 14.1. The Hall–Kier alpha value is -1.10. The third-order valence-electron chi connectivity index (χ3n) is 3.07. The van der Waals surface area contributed by atoms with Crippen LogP contribution in [0.4, 0.5) is 0 Å². The lowest BCUT2D eigenvalue weighted by molar-refractivity contribution is -0.159. The van der Waals surface area contributed by atoms with Crippen molar-refractivity contribution in [3.63, 3.8) is 0 Å². The highest BCUT2D eigenvalue weighted by molar-refractivity contribution is 5.81. The van der Waals surface area contributed by atoms with Crippen molar-refractivity contribution in [1.29, 1.82) is 0 Å². The number of unbranched alkanes of at least 4 members (excludes halogenated alkanes) is 6. The van der Waals surface area contributed by atoms with Crippen LogP contribution in [0.5, 0.6) is 0 Å². The SMILES string of the molecule is CCCCCCCCC[C@@H](C(=O)O)[C@H](O)C(=O)O. The minimum absolute atomic E-state index is 0.219. The van der Waals surface area contributed by atoms with E-state index in [-0.39, 0.29) is 6.42 Å². The molecule has 0 fully saturated rings. The Balaban J connectivity index is 3.78. The highest BCUT2D eigenvalue weighted by atomic mass is 16.4. The first-order valence-electron chi connectivity index (χ1n) is 6.64. The Bertz CT molecular complexity index is 252. The minimum atomic E-state index is -1.80. The molecule has 0 radical (unpaired) electrons. The average molecular weight is 260 g/mol. The van der Waals surface area contributed by atoms with Crippen LogP contribution in [0.25, 0.3) is 0 Å². The van der Waals surface area contributed by atoms with E-state index in [4.69, 9.17) is 10.2 Å². The molecule has 0 spiro atoms. The number of aliphatic hydroxyl groups excluding tert-OH is 1. The fourth-order valence-electron chi connectivity index (χ4n) is 1.91. The third kappa shape index (κ3) is 7.27. The lowest BCUT2D eigenvalue weighted by Gasteiger charge is -2.15. The van der Waals surface area contributed by atoms with E-state index < -0.39 is 24.0 Å². The minimum Gasteiger partial charge on any atom is -0.481 e. The second-order valence-corrected chi connectivity index (χ2v) is 4.64. The summed E-state index contributed by atoms with van der Waals surface area (Å²) < 4.78 is 0. The summed E-state index contributed by atoms with van der Waals surface area (Å²) in [5.74, 6) is -3.90. The molecule has 0 aromatic carbocycles. The van der Waals surface area contributed by atoms with Crippen LogP contribution in [0.15, 0.2) is 0 Å². The molecule has 0 bridgehead atoms. The van der Waals surface area contributed by atoms with Gasteiger partial charge in [0.1, 0.15) is 0 Å². The number of rotatable bonds is 11. The molecule has 5 nitrogen and oxygen atoms in total. The molecule has 0 aromatic heterocycles. The van der Waals surface area contributed by atoms with Gasteiger partial charge in [-0.2, -0.15) is 0 Å². The van der Waals surface area contributed by atoms with Crippen LogP contribution in [0.1, 0.15) is 58.3 Å². The van der Waals surface area contributed by atoms with Gasteiger partial charge in [-0.15, -0.1) is 0 Å². The van der Waals surface area contributed by atoms with E-state index in [0.29, 0.717) is 6.42 Å². The molecule has 0 saturated carbocycles. The Morgan fingerprint density at radius 1 is 0.889 bits per heavy atom. The van der Waals surface area contributed by atoms with E-state index in [0.717, 1.165) is 19.3 Å². The molecule has 0 saturated heterocycles. The molecule has 106 valence electrons. The van der Waals surface area contributed by atoms with E-state index in [2.05, 4.69) is 6.92 Å². The number of carboxylic acid groups (broad SMARTS) is 2. The zero-order valence-electron chi connectivity index (χ0n) is 11.0. The van der Waals surface area contributed by atoms with Crippen molar-refractivity contribution >= 4 is 11.9 Å². The molecule has 2 atom stereocenters. The first kappa shape index (κ1) is 16.9. The van der Waals surface area contributed by atoms with Gasteiger partial charge in [-0.3, -0.25) is 4.79 Å². The fraction of sp³-hybridized carbons (Fsp3) is 0.846. The maximum atomic E-state index is 10.8. The van der Waals surface area contributed by atoms with Gasteiger partial charge in [-0.05, 0) is 6.42 Å². The molecule has 0 rings (SSSR count). The smallest absolute Gasteiger partial charge is 0.333 e. The largest absolute Gasteiger partial charge is 0.481 e. The second kappa shape index (κ2) is 9.88. The van der Waals surface area contributed by atoms with Crippen molar-refractivity contribution in [2.45, 2.75) is 64.4 Å². The van der Waals surface area contributed by atoms with Gasteiger partial charge in [0.05, 0.1) is 5.92 Å². The molecule has 0 aliphatic carbocycles. The summed E-state index contributed by atoms with van der Waals surface area (Å²) in [6, 6.07) is 0. The maximum absolute atomic E-state index is 10.8. The monoisotopic (exact) mass is 260 g/mol. The Morgan fingerprint density at radius 2 is 1.39 bits per heavy atom. The third-order valence-corrected chi connectivity index (χ3v) is 3.07. The molecular formula is C13H24O5. The molecule has 18 heavy (non-hydrogen) atoms. The van der Waals surface area contributed by atoms with Crippen molar-refractivity contribution in [3.05, 3.63) is 0 Å². The van der Waals surface area contributed by atoms with Crippen molar-refractivity contribution < 1.29 is 24.9 Å². The van der Waals surface area contributed by atoms with Gasteiger partial charge in [0, 0.05) is 0 Å². The summed E-state index contributed by atoms with van der Waals surface area (Å²) in [6.07, 6.45) is 5.72. The molecule has 0 heterocycles. The summed E-state index contributed by atoms with van der Waals surface area (Å²) in [5.41, 5.74) is 0. The van der Waals surface area contributed by atoms with E-state index >= 15 is 0 Å². The molecule has 5 heteroatoms. The summed E-state index contributed by atoms with van der Waals surface area (Å²) in [4.78, 5) is 21.4. The summed E-state index contributed by atoms with van der Waals surface area (Å²) in [5, 5.41) is 26.7. The van der Waals surface area contributed by atoms with Gasteiger partial charge < -0.3 is 15.3 Å². The first-order valence-corrected chi connectivity index (χ1v) is 6.64. The number of hydrogen-bond acceptors (Lipinski definition) is 3. The topological polar surface area (TPSA) is 94.8 Å². The quantitative estimate of drug-likeness (QED) is 0.495. The van der Waals surface area contributed by atoms with Crippen molar-refractivity contribution in [1.82, 2.24) is 0 Å². The standard InChI is InChI=1S/C13H24O5/c1-2-3-4-5-6-7-8-9-10(12(15)16)11(14)13(17)18/h10-11,14H,2-9H2,1H3,(H,15,16)(H,17,18)/t10-,11+/m1/s1. The predicted molar refractivity (Wildman–Crippen MR) is 67.4 cm³/mol. The lowest BCUT2D eigenvalue weighted by Crippen LogP contribution is -2.34. The molecule has 0 unspecified atom stereocenters. The van der Waals surface area contributed by atoms with Gasteiger partial charge in [-0.25, -0.2) is 4.79 Å². The van der Waals surface area contributed by atoms with Crippen LogP contribution < -0.4 is 0 Å². The highest BCUT2D eigenvalue weighted by Crippen LogP contribution is 2.16. The van der Waals surface area contributed by atoms with Crippen LogP contribution >= 0.6 is 0 Å². The number of carboxylic acids is 2. The summed E-state index contributed by atoms with van der Waals surface area (Å²) in [6.45, 7) is 2.14. The van der Waals surface area contributed by atoms with Crippen molar-refractivity contribution in [2.24, 2.45) is 5.92 Å². The summed E-state index contributed by atoms with van der Waals surface area (Å²) >= 11 is 0. The first-order chi connectivity index (χ1) is 8.50. The number of aliphatic carboxylic acids is 2. The van der Waals surface area contributed by atoms with E-state index in [1.54, 1.807) is 0 Å². The molecule has 3 N–H and O–H groups in total. The lowest BCUT2D eigenvalue weighted by atomic mass is 9.95. The number of carbonyl (C=O) groups is 2. The Labute approximate surface area is 108 Å². The number of hydrogen-bond donors (Lipinski definition) is 3. The maximum Gasteiger partial charge on any atom is 0.333 e. The molecule has 0 aliphatic heterocycles. The van der Waals surface area contributed by atoms with E-state index in [9.17, 15) is 14.7 Å². The molecule has 0 amide bonds. The van der Waals surface area contributed by atoms with E-state index in [1.165, 1.54) is 19.3 Å². The second-order valence-electron chi connectivity index (χ2n) is 4.64. The average Bonchev–Trinajstić information content (AvgIpc) is 2.31. The number of aliphatic hydroxyl groups is 1. The zero-order valence-corrected chi connectivity index (χ0v) is 11.0. The van der Waals surface area contributed by atoms with Gasteiger partial charge in [0.2, 0.25) is 0 Å². The molecule has 0 aromatic rings. The van der Waals surface area contributed by atoms with Crippen LogP contribution in [0.3, 0.4) is 0 Å². The Morgan fingerprint density at radius 3 is 1.83 bits per heavy atom. The van der Waals surface area contributed by atoms with Crippen molar-refractivity contribution in [2.75, 3.05) is 0 Å². The highest BCUT2D eigenvalue weighted by Gasteiger charge is 2.31. The van der Waals surface area contributed by atoms with Gasteiger partial charge in [0.15, 0.2) is 6.10 Å². The van der Waals surface area contributed by atoms with Gasteiger partial charge in [0.25, 0.3) is 0 Å². The summed E-state index contributed by atoms with van der Waals surface area (Å²) in [7, 11) is 0. The van der Waals surface area contributed by atoms with Gasteiger partial charge >= 0.3 is 11.9 Å². The van der Waals surface area contributed by atoms with Crippen LogP contribution in [0, 0.1) is 5.92 Å². The molecule has 0 aliphatic rings. The van der Waals surface area contributed by atoms with Gasteiger partial charge in [-0.1, -0.05) is 51.9 Å². The molecular weight excluding hydrogens is 236 g/mol. The van der Waals surface area contributed by atoms with Crippen molar-refractivity contribution in [3.8, 4) is 0 Å². The fourth-order valence-corrected chi connectivity index (χ4v) is 1.91. The van der Waals surface area contributed by atoms with Crippen LogP contribution in [-0.4, -0.2) is 33.4 Å². The zero-order chi connectivity index (χ0) is 14.0. The van der Waals surface area contributed by atoms with Crippen LogP contribution in [0.2, 0.25) is 0 Å².